The molecular formula is C42H60N12O11. The van der Waals surface area contributed by atoms with E-state index in [0.29, 0.717) is 23.4 Å². The first kappa shape index (κ1) is 52.2. The van der Waals surface area contributed by atoms with Gasteiger partial charge in [0, 0.05) is 49.5 Å². The van der Waals surface area contributed by atoms with Gasteiger partial charge in [-0.3, -0.25) is 38.4 Å². The van der Waals surface area contributed by atoms with Crippen LogP contribution in [0.5, 0.6) is 0 Å². The Balaban J connectivity index is 1.89. The summed E-state index contributed by atoms with van der Waals surface area (Å²) >= 11 is 0. The molecule has 3 rings (SSSR count). The van der Waals surface area contributed by atoms with Crippen LogP contribution in [0.25, 0.3) is 0 Å². The van der Waals surface area contributed by atoms with Crippen LogP contribution in [0.1, 0.15) is 76.8 Å². The number of carbonyl (C=O) groups is 9. The van der Waals surface area contributed by atoms with Gasteiger partial charge >= 0.3 is 11.9 Å². The van der Waals surface area contributed by atoms with Gasteiger partial charge in [-0.05, 0) is 30.2 Å². The van der Waals surface area contributed by atoms with E-state index in [9.17, 15) is 48.3 Å². The molecule has 0 aliphatic rings. The number of aliphatic carboxylic acids is 2. The Bertz CT molecular complexity index is 2070. The Hall–Kier alpha value is -7.17. The monoisotopic (exact) mass is 908 g/mol. The van der Waals surface area contributed by atoms with Crippen molar-refractivity contribution in [2.45, 2.75) is 121 Å². The number of hydrogen-bond donors (Lipinski definition) is 12. The van der Waals surface area contributed by atoms with Crippen LogP contribution in [-0.4, -0.2) is 126 Å². The van der Waals surface area contributed by atoms with Crippen molar-refractivity contribution in [3.05, 3.63) is 72.3 Å². The second-order valence-corrected chi connectivity index (χ2v) is 16.1. The van der Waals surface area contributed by atoms with E-state index in [2.05, 4.69) is 51.8 Å². The number of imidazole rings is 2. The van der Waals surface area contributed by atoms with Crippen LogP contribution in [0.15, 0.2) is 55.4 Å². The minimum Gasteiger partial charge on any atom is -0.481 e. The van der Waals surface area contributed by atoms with Crippen LogP contribution in [0.2, 0.25) is 0 Å². The van der Waals surface area contributed by atoms with Gasteiger partial charge in [0.2, 0.25) is 41.4 Å². The summed E-state index contributed by atoms with van der Waals surface area (Å²) in [7, 11) is 0. The quantitative estimate of drug-likeness (QED) is 0.0387. The zero-order valence-corrected chi connectivity index (χ0v) is 36.7. The first-order valence-corrected chi connectivity index (χ1v) is 21.1. The van der Waals surface area contributed by atoms with Crippen molar-refractivity contribution in [2.75, 3.05) is 0 Å². The topological polar surface area (TPSA) is 376 Å². The molecule has 23 heteroatoms. The zero-order chi connectivity index (χ0) is 48.2. The van der Waals surface area contributed by atoms with Crippen molar-refractivity contribution in [1.29, 1.82) is 0 Å². The molecule has 8 atom stereocenters. The number of carboxylic acid groups (broad SMARTS) is 2. The van der Waals surface area contributed by atoms with Gasteiger partial charge in [-0.25, -0.2) is 14.8 Å². The Kier molecular flexibility index (Phi) is 20.7. The molecule has 0 unspecified atom stereocenters. The summed E-state index contributed by atoms with van der Waals surface area (Å²) in [5, 5.41) is 34.1. The lowest BCUT2D eigenvalue weighted by atomic mass is 9.96. The molecule has 23 nitrogen and oxygen atoms in total. The maximum atomic E-state index is 14.1. The minimum absolute atomic E-state index is 0.0403. The molecule has 3 aromatic rings. The number of aromatic nitrogens is 4. The highest BCUT2D eigenvalue weighted by atomic mass is 16.4. The van der Waals surface area contributed by atoms with Crippen LogP contribution in [0.3, 0.4) is 0 Å². The van der Waals surface area contributed by atoms with Crippen molar-refractivity contribution in [1.82, 2.24) is 51.8 Å². The van der Waals surface area contributed by atoms with Gasteiger partial charge in [0.05, 0.1) is 25.1 Å². The van der Waals surface area contributed by atoms with Crippen LogP contribution < -0.4 is 43.4 Å². The molecule has 14 N–H and O–H groups in total. The van der Waals surface area contributed by atoms with Crippen molar-refractivity contribution in [3.8, 4) is 0 Å². The van der Waals surface area contributed by atoms with Crippen molar-refractivity contribution in [2.24, 2.45) is 23.3 Å². The SMILES string of the molecule is CC[C@H](C)[C@H](NC(=O)[C@H](CC(N)=O)NC(=O)[C@H](Cc1cnc[nH]1)NC(=O)[C@H](Cc1cnc[nH]1)NC(=O)[C@@H](N)CCC(=O)O)C(=O)N[C@@H](Cc1ccccc1)C(=O)N[C@@H](CC(C)C)C(=O)O. The molecule has 354 valence electrons. The average Bonchev–Trinajstić information content (AvgIpc) is 3.98. The van der Waals surface area contributed by atoms with E-state index in [-0.39, 0.29) is 38.0 Å². The van der Waals surface area contributed by atoms with E-state index in [0.717, 1.165) is 0 Å². The fraction of sp³-hybridized carbons (Fsp3) is 0.500. The predicted molar refractivity (Wildman–Crippen MR) is 232 cm³/mol. The maximum Gasteiger partial charge on any atom is 0.326 e. The zero-order valence-electron chi connectivity index (χ0n) is 36.7. The molecule has 0 aliphatic heterocycles. The number of carboxylic acids is 2. The molecule has 2 heterocycles. The van der Waals surface area contributed by atoms with Crippen molar-refractivity contribution < 1.29 is 53.4 Å². The van der Waals surface area contributed by atoms with Gasteiger partial charge in [0.25, 0.3) is 0 Å². The predicted octanol–water partition coefficient (Wildman–Crippen LogP) is -1.69. The average molecular weight is 909 g/mol. The third-order valence-corrected chi connectivity index (χ3v) is 10.3. The minimum atomic E-state index is -1.70. The molecule has 1 aromatic carbocycles. The lowest BCUT2D eigenvalue weighted by molar-refractivity contribution is -0.143. The van der Waals surface area contributed by atoms with Crippen LogP contribution >= 0.6 is 0 Å². The van der Waals surface area contributed by atoms with Gasteiger partial charge in [-0.15, -0.1) is 0 Å². The van der Waals surface area contributed by atoms with E-state index < -0.39 is 114 Å². The summed E-state index contributed by atoms with van der Waals surface area (Å²) in [6.07, 6.45) is 4.02. The number of primary amides is 1. The van der Waals surface area contributed by atoms with E-state index in [1.165, 1.54) is 25.0 Å². The highest BCUT2D eigenvalue weighted by Gasteiger charge is 2.36. The summed E-state index contributed by atoms with van der Waals surface area (Å²) in [6, 6.07) is -1.13. The highest BCUT2D eigenvalue weighted by Crippen LogP contribution is 2.13. The van der Waals surface area contributed by atoms with Gasteiger partial charge in [-0.2, -0.15) is 0 Å². The third kappa shape index (κ3) is 17.9. The molecule has 0 saturated heterocycles. The first-order valence-electron chi connectivity index (χ1n) is 21.1. The molecule has 65 heavy (non-hydrogen) atoms. The van der Waals surface area contributed by atoms with Crippen LogP contribution in [-0.2, 0) is 62.4 Å². The summed E-state index contributed by atoms with van der Waals surface area (Å²) in [6.45, 7) is 6.98. The molecule has 0 fully saturated rings. The molecule has 0 bridgehead atoms. The number of H-pyrrole nitrogens is 2. The molecule has 7 amide bonds. The Morgan fingerprint density at radius 2 is 1.12 bits per heavy atom. The normalized spacial score (nSPS) is 14.8. The number of nitrogens with one attached hydrogen (secondary N) is 8. The summed E-state index contributed by atoms with van der Waals surface area (Å²) in [4.78, 5) is 132. The number of benzene rings is 1. The number of hydrogen-bond acceptors (Lipinski definition) is 12. The second-order valence-electron chi connectivity index (χ2n) is 16.1. The molecule has 0 aliphatic carbocycles. The largest absolute Gasteiger partial charge is 0.481 e. The number of carbonyl (C=O) groups excluding carboxylic acids is 7. The maximum absolute atomic E-state index is 14.1. The molecule has 0 saturated carbocycles. The highest BCUT2D eigenvalue weighted by molar-refractivity contribution is 5.98. The number of aromatic amines is 2. The smallest absolute Gasteiger partial charge is 0.326 e. The van der Waals surface area contributed by atoms with Crippen LogP contribution in [0, 0.1) is 11.8 Å². The Labute approximate surface area is 374 Å². The fourth-order valence-electron chi connectivity index (χ4n) is 6.54. The first-order chi connectivity index (χ1) is 30.8. The number of nitrogens with two attached hydrogens (primary N) is 2. The number of amides is 7. The lowest BCUT2D eigenvalue weighted by Gasteiger charge is -2.29. The molecule has 2 aromatic heterocycles. The van der Waals surface area contributed by atoms with E-state index in [4.69, 9.17) is 16.6 Å². The standard InChI is InChI=1S/C42H60N12O11/c1-5-23(4)35(41(63)52-28(14-24-9-7-6-8-10-24)37(59)53-32(42(64)65)13-22(2)3)54-40(62)31(17-33(44)55)51-39(61)30(16-26-19-46-21-48-26)50-38(60)29(15-25-18-45-20-47-25)49-36(58)27(43)11-12-34(56)57/h6-10,18-23,27-32,35H,5,11-17,43H2,1-4H3,(H2,44,55)(H,45,47)(H,46,48)(H,49,58)(H,50,60)(H,51,61)(H,52,63)(H,53,59)(H,54,62)(H,56,57)(H,64,65)/t23-,27-,28-,29-,30-,31-,32-,35-/m0/s1. The van der Waals surface area contributed by atoms with E-state index in [1.54, 1.807) is 58.0 Å². The van der Waals surface area contributed by atoms with Crippen LogP contribution in [0.4, 0.5) is 0 Å². The lowest BCUT2D eigenvalue weighted by Crippen LogP contribution is -2.61. The molecule has 0 radical (unpaired) electrons. The van der Waals surface area contributed by atoms with Crippen molar-refractivity contribution >= 4 is 53.3 Å². The Morgan fingerprint density at radius 1 is 0.646 bits per heavy atom. The van der Waals surface area contributed by atoms with Gasteiger partial charge in [0.1, 0.15) is 36.3 Å². The van der Waals surface area contributed by atoms with Crippen molar-refractivity contribution in [3.63, 3.8) is 0 Å². The summed E-state index contributed by atoms with van der Waals surface area (Å²) in [5.74, 6) is -9.48. The fourth-order valence-corrected chi connectivity index (χ4v) is 6.54. The molecular weight excluding hydrogens is 849 g/mol. The van der Waals surface area contributed by atoms with E-state index >= 15 is 0 Å². The van der Waals surface area contributed by atoms with Gasteiger partial charge in [-0.1, -0.05) is 64.4 Å². The van der Waals surface area contributed by atoms with Gasteiger partial charge < -0.3 is 63.5 Å². The number of rotatable bonds is 28. The summed E-state index contributed by atoms with van der Waals surface area (Å²) in [5.41, 5.74) is 12.8. The molecule has 0 spiro atoms. The third-order valence-electron chi connectivity index (χ3n) is 10.3. The Morgan fingerprint density at radius 3 is 1.58 bits per heavy atom. The second kappa shape index (κ2) is 25.8. The van der Waals surface area contributed by atoms with Gasteiger partial charge in [0.15, 0.2) is 0 Å². The van der Waals surface area contributed by atoms with E-state index in [1.807, 2.05) is 0 Å². The number of nitrogens with zero attached hydrogens (tertiary/aromatic N) is 2. The summed E-state index contributed by atoms with van der Waals surface area (Å²) < 4.78 is 0.